The van der Waals surface area contributed by atoms with E-state index in [0.717, 1.165) is 9.80 Å². The Morgan fingerprint density at radius 3 is 1.25 bits per heavy atom. The molecule has 0 aliphatic carbocycles. The van der Waals surface area contributed by atoms with Crippen molar-refractivity contribution < 1.29 is 31.3 Å². The lowest BCUT2D eigenvalue weighted by molar-refractivity contribution is -0.384. The molecule has 0 unspecified atom stereocenters. The summed E-state index contributed by atoms with van der Waals surface area (Å²) in [6.45, 7) is -2.24. The summed E-state index contributed by atoms with van der Waals surface area (Å²) in [5.74, 6) is -0.463. The quantitative estimate of drug-likeness (QED) is 0.145. The number of nitrogens with zero attached hydrogens (tertiary/aromatic N) is 3. The molecular formula is C25H23F6N3O2. The van der Waals surface area contributed by atoms with Crippen LogP contribution in [0.15, 0.2) is 72.8 Å². The third-order valence-corrected chi connectivity index (χ3v) is 5.60. The maximum Gasteiger partial charge on any atom is 0.405 e. The van der Waals surface area contributed by atoms with E-state index in [1.54, 1.807) is 60.7 Å². The first-order valence-corrected chi connectivity index (χ1v) is 10.7. The minimum atomic E-state index is -4.37. The minimum Gasteiger partial charge on any atom is -0.366 e. The van der Waals surface area contributed by atoms with E-state index in [0.29, 0.717) is 28.1 Å². The molecule has 0 aliphatic heterocycles. The molecule has 11 heteroatoms. The molecule has 3 rings (SSSR count). The highest BCUT2D eigenvalue weighted by Gasteiger charge is 2.30. The molecule has 0 radical (unpaired) electrons. The molecular weight excluding hydrogens is 488 g/mol. The molecule has 0 amide bonds. The van der Waals surface area contributed by atoms with Crippen LogP contribution >= 0.6 is 0 Å². The van der Waals surface area contributed by atoms with Crippen LogP contribution in [0.5, 0.6) is 0 Å². The summed E-state index contributed by atoms with van der Waals surface area (Å²) in [5.41, 5.74) is 2.67. The molecule has 0 aromatic heterocycles. The fraction of sp³-hybridized carbons (Fsp3) is 0.280. The fourth-order valence-corrected chi connectivity index (χ4v) is 3.93. The third-order valence-electron chi connectivity index (χ3n) is 5.60. The Balaban J connectivity index is 1.97. The molecule has 0 atom stereocenters. The molecule has 3 aromatic carbocycles. The van der Waals surface area contributed by atoms with Crippen molar-refractivity contribution in [1.82, 2.24) is 0 Å². The Hall–Kier alpha value is -3.76. The first-order chi connectivity index (χ1) is 16.7. The standard InChI is InChI=1S/C25H23F6N3O2/c1-32(15-24(26,27)28)20-9-3-17(4-10-20)23(19-7-13-22(14-8-19)34(35)36)18-5-11-21(12-6-18)33(2)16-25(29,30)31/h3-14,23H,15-16H2,1-2H3. The predicted molar refractivity (Wildman–Crippen MR) is 126 cm³/mol. The van der Waals surface area contributed by atoms with Gasteiger partial charge in [0.15, 0.2) is 0 Å². The minimum absolute atomic E-state index is 0.106. The second-order valence-electron chi connectivity index (χ2n) is 8.41. The van der Waals surface area contributed by atoms with Crippen LogP contribution in [0, 0.1) is 10.1 Å². The molecule has 0 N–H and O–H groups in total. The van der Waals surface area contributed by atoms with Crippen molar-refractivity contribution in [3.8, 4) is 0 Å². The molecule has 0 aliphatic rings. The van der Waals surface area contributed by atoms with Gasteiger partial charge in [-0.15, -0.1) is 0 Å². The van der Waals surface area contributed by atoms with E-state index in [9.17, 15) is 36.5 Å². The lowest BCUT2D eigenvalue weighted by Crippen LogP contribution is -2.30. The number of non-ortho nitro benzene ring substituents is 1. The van der Waals surface area contributed by atoms with Gasteiger partial charge in [0.1, 0.15) is 13.1 Å². The highest BCUT2D eigenvalue weighted by atomic mass is 19.4. The van der Waals surface area contributed by atoms with E-state index in [1.807, 2.05) is 0 Å². The number of halogens is 6. The summed E-state index contributed by atoms with van der Waals surface area (Å²) in [5, 5.41) is 11.1. The summed E-state index contributed by atoms with van der Waals surface area (Å²) in [6, 6.07) is 18.7. The number of nitro benzene ring substituents is 1. The van der Waals surface area contributed by atoms with Crippen LogP contribution < -0.4 is 9.80 Å². The first kappa shape index (κ1) is 26.8. The number of alkyl halides is 6. The van der Waals surface area contributed by atoms with Crippen molar-refractivity contribution >= 4 is 17.1 Å². The van der Waals surface area contributed by atoms with Gasteiger partial charge in [0.2, 0.25) is 0 Å². The van der Waals surface area contributed by atoms with Crippen LogP contribution in [0.25, 0.3) is 0 Å². The topological polar surface area (TPSA) is 49.6 Å². The fourth-order valence-electron chi connectivity index (χ4n) is 3.93. The number of nitro groups is 1. The van der Waals surface area contributed by atoms with Gasteiger partial charge in [-0.3, -0.25) is 10.1 Å². The number of hydrogen-bond acceptors (Lipinski definition) is 4. The van der Waals surface area contributed by atoms with Crippen LogP contribution in [0.1, 0.15) is 22.6 Å². The lowest BCUT2D eigenvalue weighted by atomic mass is 9.85. The second-order valence-corrected chi connectivity index (χ2v) is 8.41. The van der Waals surface area contributed by atoms with Crippen LogP contribution in [0.2, 0.25) is 0 Å². The second kappa shape index (κ2) is 10.5. The van der Waals surface area contributed by atoms with E-state index in [4.69, 9.17) is 0 Å². The van der Waals surface area contributed by atoms with Crippen LogP contribution in [0.3, 0.4) is 0 Å². The number of anilines is 2. The molecule has 0 fully saturated rings. The van der Waals surface area contributed by atoms with Crippen molar-refractivity contribution in [2.75, 3.05) is 37.0 Å². The van der Waals surface area contributed by atoms with Crippen LogP contribution in [0.4, 0.5) is 43.4 Å². The van der Waals surface area contributed by atoms with Gasteiger partial charge in [0, 0.05) is 43.5 Å². The van der Waals surface area contributed by atoms with Gasteiger partial charge in [0.05, 0.1) is 4.92 Å². The van der Waals surface area contributed by atoms with Crippen molar-refractivity contribution in [3.63, 3.8) is 0 Å². The molecule has 192 valence electrons. The van der Waals surface area contributed by atoms with Gasteiger partial charge in [-0.2, -0.15) is 26.3 Å². The monoisotopic (exact) mass is 511 g/mol. The Kier molecular flexibility index (Phi) is 7.80. The smallest absolute Gasteiger partial charge is 0.366 e. The Bertz CT molecular complexity index is 1100. The Morgan fingerprint density at radius 2 is 0.972 bits per heavy atom. The predicted octanol–water partition coefficient (Wildman–Crippen LogP) is 6.77. The van der Waals surface area contributed by atoms with E-state index >= 15 is 0 Å². The zero-order valence-electron chi connectivity index (χ0n) is 19.3. The third kappa shape index (κ3) is 7.12. The first-order valence-electron chi connectivity index (χ1n) is 10.7. The molecule has 3 aromatic rings. The van der Waals surface area contributed by atoms with E-state index < -0.39 is 36.3 Å². The lowest BCUT2D eigenvalue weighted by Gasteiger charge is -2.24. The number of hydrogen-bond donors (Lipinski definition) is 0. The highest BCUT2D eigenvalue weighted by molar-refractivity contribution is 5.54. The summed E-state index contributed by atoms with van der Waals surface area (Å²) in [7, 11) is 2.65. The van der Waals surface area contributed by atoms with Crippen molar-refractivity contribution in [2.45, 2.75) is 18.3 Å². The molecule has 0 bridgehead atoms. The summed E-state index contributed by atoms with van der Waals surface area (Å²) in [4.78, 5) is 12.7. The average Bonchev–Trinajstić information content (AvgIpc) is 2.78. The summed E-state index contributed by atoms with van der Waals surface area (Å²) in [6.07, 6.45) is -8.73. The molecule has 5 nitrogen and oxygen atoms in total. The molecule has 36 heavy (non-hydrogen) atoms. The van der Waals surface area contributed by atoms with Gasteiger partial charge in [-0.1, -0.05) is 36.4 Å². The number of benzene rings is 3. The molecule has 0 heterocycles. The van der Waals surface area contributed by atoms with Gasteiger partial charge in [0.25, 0.3) is 5.69 Å². The van der Waals surface area contributed by atoms with Crippen LogP contribution in [-0.2, 0) is 0 Å². The zero-order valence-corrected chi connectivity index (χ0v) is 19.3. The maximum atomic E-state index is 12.8. The van der Waals surface area contributed by atoms with Gasteiger partial charge in [-0.05, 0) is 41.0 Å². The van der Waals surface area contributed by atoms with Gasteiger partial charge < -0.3 is 9.80 Å². The van der Waals surface area contributed by atoms with E-state index in [1.165, 1.54) is 26.2 Å². The molecule has 0 saturated carbocycles. The maximum absolute atomic E-state index is 12.8. The van der Waals surface area contributed by atoms with Crippen molar-refractivity contribution in [2.24, 2.45) is 0 Å². The Morgan fingerprint density at radius 1 is 0.667 bits per heavy atom. The van der Waals surface area contributed by atoms with Crippen molar-refractivity contribution in [3.05, 3.63) is 99.6 Å². The molecule has 0 saturated heterocycles. The van der Waals surface area contributed by atoms with Gasteiger partial charge >= 0.3 is 12.4 Å². The number of rotatable bonds is 8. The summed E-state index contributed by atoms with van der Waals surface area (Å²) < 4.78 is 76.5. The average molecular weight is 511 g/mol. The normalized spacial score (nSPS) is 12.0. The zero-order chi connectivity index (χ0) is 26.7. The van der Waals surface area contributed by atoms with E-state index in [-0.39, 0.29) is 5.69 Å². The van der Waals surface area contributed by atoms with Crippen molar-refractivity contribution in [1.29, 1.82) is 0 Å². The van der Waals surface area contributed by atoms with Gasteiger partial charge in [-0.25, -0.2) is 0 Å². The SMILES string of the molecule is CN(CC(F)(F)F)c1ccc(C(c2ccc(N(C)CC(F)(F)F)cc2)c2ccc([N+](=O)[O-])cc2)cc1. The van der Waals surface area contributed by atoms with Crippen LogP contribution in [-0.4, -0.2) is 44.5 Å². The van der Waals surface area contributed by atoms with E-state index in [2.05, 4.69) is 0 Å². The molecule has 0 spiro atoms. The summed E-state index contributed by atoms with van der Waals surface area (Å²) >= 11 is 0. The largest absolute Gasteiger partial charge is 0.405 e. The highest BCUT2D eigenvalue weighted by Crippen LogP contribution is 2.35. The Labute approximate surface area is 203 Å².